The molecule has 11 aromatic rings. The lowest BCUT2D eigenvalue weighted by atomic mass is 9.91. The van der Waals surface area contributed by atoms with E-state index in [9.17, 15) is 0 Å². The van der Waals surface area contributed by atoms with E-state index in [1.807, 2.05) is 0 Å². The Hall–Kier alpha value is -7.94. The molecule has 2 nitrogen and oxygen atoms in total. The van der Waals surface area contributed by atoms with Gasteiger partial charge in [0, 0.05) is 33.4 Å². The first-order valence-corrected chi connectivity index (χ1v) is 20.6. The van der Waals surface area contributed by atoms with Gasteiger partial charge in [-0.1, -0.05) is 188 Å². The van der Waals surface area contributed by atoms with E-state index in [0.717, 1.165) is 39.4 Å². The summed E-state index contributed by atoms with van der Waals surface area (Å²) in [4.78, 5) is 2.45. The van der Waals surface area contributed by atoms with Gasteiger partial charge in [-0.25, -0.2) is 0 Å². The second kappa shape index (κ2) is 15.1. The number of para-hydroxylation sites is 2. The highest BCUT2D eigenvalue weighted by molar-refractivity contribution is 6.10. The minimum Gasteiger partial charge on any atom is -0.310 e. The van der Waals surface area contributed by atoms with Gasteiger partial charge in [0.2, 0.25) is 0 Å². The van der Waals surface area contributed by atoms with E-state index in [-0.39, 0.29) is 0 Å². The van der Waals surface area contributed by atoms with Crippen LogP contribution in [0.2, 0.25) is 0 Å². The zero-order valence-electron chi connectivity index (χ0n) is 33.0. The van der Waals surface area contributed by atoms with Gasteiger partial charge in [-0.2, -0.15) is 0 Å². The molecule has 0 spiro atoms. The Labute approximate surface area is 350 Å². The van der Waals surface area contributed by atoms with Gasteiger partial charge in [0.05, 0.1) is 16.7 Å². The molecule has 11 rings (SSSR count). The molecule has 0 saturated carbocycles. The Morgan fingerprint density at radius 2 is 0.800 bits per heavy atom. The van der Waals surface area contributed by atoms with Crippen LogP contribution in [0.25, 0.3) is 82.8 Å². The van der Waals surface area contributed by atoms with Crippen LogP contribution in [-0.2, 0) is 0 Å². The SMILES string of the molecule is c1ccc(-c2ccc(N(c3cccc(-c4cccc5cccc(-c6ccccc6)c45)c3)c3cccc(-n4c5ccccc5c5ccccc54)c3)c(-c3ccccc3)c2)cc1. The molecule has 0 aliphatic carbocycles. The van der Waals surface area contributed by atoms with Crippen LogP contribution in [0, 0.1) is 0 Å². The summed E-state index contributed by atoms with van der Waals surface area (Å²) in [6.07, 6.45) is 0. The van der Waals surface area contributed by atoms with Crippen molar-refractivity contribution >= 4 is 49.6 Å². The lowest BCUT2D eigenvalue weighted by Crippen LogP contribution is -2.12. The number of benzene rings is 10. The topological polar surface area (TPSA) is 8.17 Å². The van der Waals surface area contributed by atoms with Gasteiger partial charge in [0.15, 0.2) is 0 Å². The molecule has 1 heterocycles. The van der Waals surface area contributed by atoms with Crippen LogP contribution in [0.1, 0.15) is 0 Å². The predicted molar refractivity (Wildman–Crippen MR) is 255 cm³/mol. The molecule has 1 aromatic heterocycles. The molecule has 10 aromatic carbocycles. The van der Waals surface area contributed by atoms with Crippen LogP contribution in [0.3, 0.4) is 0 Å². The fourth-order valence-electron chi connectivity index (χ4n) is 9.04. The molecule has 60 heavy (non-hydrogen) atoms. The van der Waals surface area contributed by atoms with E-state index in [4.69, 9.17) is 0 Å². The van der Waals surface area contributed by atoms with E-state index in [0.29, 0.717) is 0 Å². The summed E-state index contributed by atoms with van der Waals surface area (Å²) >= 11 is 0. The summed E-state index contributed by atoms with van der Waals surface area (Å²) < 4.78 is 2.40. The molecular weight excluding hydrogens is 725 g/mol. The maximum absolute atomic E-state index is 2.45. The maximum atomic E-state index is 2.45. The van der Waals surface area contributed by atoms with E-state index >= 15 is 0 Å². The van der Waals surface area contributed by atoms with Crippen molar-refractivity contribution in [3.8, 4) is 50.2 Å². The number of aromatic nitrogens is 1. The smallest absolute Gasteiger partial charge is 0.0541 e. The highest BCUT2D eigenvalue weighted by Gasteiger charge is 2.21. The highest BCUT2D eigenvalue weighted by atomic mass is 15.1. The molecule has 2 heteroatoms. The van der Waals surface area contributed by atoms with Crippen molar-refractivity contribution in [1.82, 2.24) is 4.57 Å². The van der Waals surface area contributed by atoms with E-state index in [1.165, 1.54) is 60.4 Å². The van der Waals surface area contributed by atoms with E-state index < -0.39 is 0 Å². The van der Waals surface area contributed by atoms with Crippen LogP contribution in [-0.4, -0.2) is 4.57 Å². The summed E-state index contributed by atoms with van der Waals surface area (Å²) in [5.41, 5.74) is 16.2. The van der Waals surface area contributed by atoms with Crippen molar-refractivity contribution in [3.05, 3.63) is 243 Å². The molecule has 0 radical (unpaired) electrons. The van der Waals surface area contributed by atoms with Crippen LogP contribution < -0.4 is 4.90 Å². The standard InChI is InChI=1S/C58H40N2/c1-4-18-41(19-5-1)45-36-37-57(54(39-45)43-22-8-3-9-23-43)59(48-28-17-29-49(40-48)60-55-34-12-10-30-52(55)53-31-11-13-35-56(53)60)47-27-14-26-46(38-47)51-33-16-25-44-24-15-32-50(58(44)51)42-20-6-2-7-21-42/h1-40H. The fourth-order valence-corrected chi connectivity index (χ4v) is 9.04. The Balaban J connectivity index is 1.16. The van der Waals surface area contributed by atoms with Crippen molar-refractivity contribution in [2.24, 2.45) is 0 Å². The van der Waals surface area contributed by atoms with Crippen LogP contribution in [0.4, 0.5) is 17.1 Å². The second-order valence-electron chi connectivity index (χ2n) is 15.3. The summed E-state index contributed by atoms with van der Waals surface area (Å²) in [5, 5.41) is 4.96. The number of anilines is 3. The minimum atomic E-state index is 1.07. The van der Waals surface area contributed by atoms with Crippen molar-refractivity contribution in [1.29, 1.82) is 0 Å². The fraction of sp³-hybridized carbons (Fsp3) is 0. The molecule has 0 atom stereocenters. The van der Waals surface area contributed by atoms with Crippen molar-refractivity contribution < 1.29 is 0 Å². The van der Waals surface area contributed by atoms with Gasteiger partial charge in [-0.05, 0) is 104 Å². The Morgan fingerprint density at radius 1 is 0.300 bits per heavy atom. The minimum absolute atomic E-state index is 1.07. The predicted octanol–water partition coefficient (Wildman–Crippen LogP) is 16.1. The van der Waals surface area contributed by atoms with Gasteiger partial charge in [0.25, 0.3) is 0 Å². The Kier molecular flexibility index (Phi) is 8.87. The van der Waals surface area contributed by atoms with Gasteiger partial charge in [0.1, 0.15) is 0 Å². The quantitative estimate of drug-likeness (QED) is 0.150. The maximum Gasteiger partial charge on any atom is 0.0541 e. The first-order valence-electron chi connectivity index (χ1n) is 20.6. The summed E-state index contributed by atoms with van der Waals surface area (Å²) in [5.74, 6) is 0. The molecular formula is C58H40N2. The monoisotopic (exact) mass is 764 g/mol. The zero-order chi connectivity index (χ0) is 39.8. The van der Waals surface area contributed by atoms with Gasteiger partial charge >= 0.3 is 0 Å². The van der Waals surface area contributed by atoms with Gasteiger partial charge in [-0.3, -0.25) is 0 Å². The largest absolute Gasteiger partial charge is 0.310 e. The lowest BCUT2D eigenvalue weighted by molar-refractivity contribution is 1.17. The molecule has 0 fully saturated rings. The first kappa shape index (κ1) is 35.2. The number of hydrogen-bond donors (Lipinski definition) is 0. The third-order valence-corrected chi connectivity index (χ3v) is 11.8. The highest BCUT2D eigenvalue weighted by Crippen LogP contribution is 2.45. The number of hydrogen-bond acceptors (Lipinski definition) is 1. The zero-order valence-corrected chi connectivity index (χ0v) is 33.0. The third kappa shape index (κ3) is 6.23. The Bertz CT molecular complexity index is 3250. The Morgan fingerprint density at radius 3 is 1.45 bits per heavy atom. The molecule has 0 aliphatic heterocycles. The average Bonchev–Trinajstić information content (AvgIpc) is 3.67. The number of fused-ring (bicyclic) bond motifs is 4. The summed E-state index contributed by atoms with van der Waals surface area (Å²) in [6, 6.07) is 88.0. The molecule has 0 unspecified atom stereocenters. The molecule has 0 bridgehead atoms. The van der Waals surface area contributed by atoms with Crippen molar-refractivity contribution in [3.63, 3.8) is 0 Å². The normalized spacial score (nSPS) is 11.3. The first-order chi connectivity index (χ1) is 29.8. The summed E-state index contributed by atoms with van der Waals surface area (Å²) in [7, 11) is 0. The lowest BCUT2D eigenvalue weighted by Gasteiger charge is -2.29. The van der Waals surface area contributed by atoms with Gasteiger partial charge < -0.3 is 9.47 Å². The van der Waals surface area contributed by atoms with Crippen molar-refractivity contribution in [2.45, 2.75) is 0 Å². The second-order valence-corrected chi connectivity index (χ2v) is 15.3. The summed E-state index contributed by atoms with van der Waals surface area (Å²) in [6.45, 7) is 0. The molecule has 0 amide bonds. The van der Waals surface area contributed by atoms with Gasteiger partial charge in [-0.15, -0.1) is 0 Å². The molecule has 0 saturated heterocycles. The number of nitrogens with zero attached hydrogens (tertiary/aromatic N) is 2. The molecule has 0 aliphatic rings. The van der Waals surface area contributed by atoms with Crippen molar-refractivity contribution in [2.75, 3.05) is 4.90 Å². The van der Waals surface area contributed by atoms with E-state index in [2.05, 4.69) is 252 Å². The third-order valence-electron chi connectivity index (χ3n) is 11.8. The van der Waals surface area contributed by atoms with Crippen LogP contribution in [0.5, 0.6) is 0 Å². The average molecular weight is 765 g/mol. The van der Waals surface area contributed by atoms with Crippen LogP contribution in [0.15, 0.2) is 243 Å². The molecule has 0 N–H and O–H groups in total. The van der Waals surface area contributed by atoms with Crippen LogP contribution >= 0.6 is 0 Å². The number of rotatable bonds is 8. The molecule has 282 valence electrons. The van der Waals surface area contributed by atoms with E-state index in [1.54, 1.807) is 0 Å².